The molecule has 3 rings (SSSR count). The second-order valence-corrected chi connectivity index (χ2v) is 14.3. The number of hydrogen-bond acceptors (Lipinski definition) is 5. The Morgan fingerprint density at radius 2 is 1.02 bits per heavy atom. The van der Waals surface area contributed by atoms with Gasteiger partial charge < -0.3 is 4.55 Å². The van der Waals surface area contributed by atoms with Gasteiger partial charge in [0.25, 0.3) is 0 Å². The molecule has 0 N–H and O–H groups in total. The fourth-order valence-electron chi connectivity index (χ4n) is 3.27. The Bertz CT molecular complexity index is 1510. The fraction of sp³-hybridized carbons (Fsp3) is 0.308. The molecule has 0 saturated heterocycles. The molecule has 0 aromatic heterocycles. The van der Waals surface area contributed by atoms with Crippen LogP contribution in [-0.2, 0) is 30.9 Å². The first kappa shape index (κ1) is 36.4. The molecule has 0 heterocycles. The number of rotatable bonds is 10. The average Bonchev–Trinajstić information content (AvgIpc) is 2.92. The second kappa shape index (κ2) is 13.5. The highest BCUT2D eigenvalue weighted by Gasteiger charge is 2.83. The van der Waals surface area contributed by atoms with E-state index in [0.717, 1.165) is 11.3 Å². The van der Waals surface area contributed by atoms with Crippen molar-refractivity contribution in [1.82, 2.24) is 0 Å². The maximum atomic E-state index is 12.4. The third-order valence-electron chi connectivity index (χ3n) is 5.57. The van der Waals surface area contributed by atoms with E-state index >= 15 is 0 Å². The van der Waals surface area contributed by atoms with E-state index in [1.165, 1.54) is 9.79 Å². The summed E-state index contributed by atoms with van der Waals surface area (Å²) in [5.74, 6) is -14.6. The lowest BCUT2D eigenvalue weighted by atomic mass is 10.1. The molecule has 0 saturated carbocycles. The number of unbranched alkanes of at least 4 members (excludes halogenated alkanes) is 1. The van der Waals surface area contributed by atoms with E-state index in [0.29, 0.717) is 11.3 Å². The molecule has 0 aliphatic rings. The summed E-state index contributed by atoms with van der Waals surface area (Å²) in [5, 5.41) is -7.11. The first-order chi connectivity index (χ1) is 19.6. The van der Waals surface area contributed by atoms with Gasteiger partial charge in [-0.05, 0) is 55.0 Å². The molecular formula is C26H23F9O5S3. The van der Waals surface area contributed by atoms with Crippen LogP contribution in [0.5, 0.6) is 0 Å². The van der Waals surface area contributed by atoms with Crippen LogP contribution in [0.4, 0.5) is 39.5 Å². The molecule has 17 heteroatoms. The Morgan fingerprint density at radius 1 is 0.628 bits per heavy atom. The quantitative estimate of drug-likeness (QED) is 0.127. The van der Waals surface area contributed by atoms with Crippen molar-refractivity contribution in [2.75, 3.05) is 5.75 Å². The van der Waals surface area contributed by atoms with Crippen LogP contribution in [0.3, 0.4) is 0 Å². The Morgan fingerprint density at radius 3 is 1.37 bits per heavy atom. The summed E-state index contributed by atoms with van der Waals surface area (Å²) in [6.45, 7) is 2.00. The van der Waals surface area contributed by atoms with Gasteiger partial charge in [0.1, 0.15) is 0 Å². The van der Waals surface area contributed by atoms with Gasteiger partial charge in [-0.1, -0.05) is 49.7 Å². The molecule has 0 radical (unpaired) electrons. The highest BCUT2D eigenvalue weighted by atomic mass is 32.2. The number of alkyl halides is 9. The largest absolute Gasteiger partial charge is 0.743 e. The van der Waals surface area contributed by atoms with Crippen LogP contribution >= 0.6 is 0 Å². The van der Waals surface area contributed by atoms with E-state index in [1.54, 1.807) is 12.1 Å². The molecule has 0 atom stereocenters. The molecule has 0 amide bonds. The number of sulfone groups is 1. The SMILES string of the molecule is CCCCS(=O)(=O)c1ccc([S+](c2ccccc2)c2ccccc2)cc1.O=S(=O)([O-])C(F)(F)C(F)(F)C(F)(F)C(F)(F)F. The van der Waals surface area contributed by atoms with Crippen LogP contribution in [0.25, 0.3) is 0 Å². The van der Waals surface area contributed by atoms with Gasteiger partial charge in [-0.2, -0.15) is 39.5 Å². The molecule has 5 nitrogen and oxygen atoms in total. The molecule has 238 valence electrons. The van der Waals surface area contributed by atoms with Crippen molar-refractivity contribution in [2.45, 2.75) is 62.6 Å². The van der Waals surface area contributed by atoms with Gasteiger partial charge in [-0.25, -0.2) is 16.8 Å². The standard InChI is InChI=1S/C22H23O2S2.C4HF9O3S/c1-2-3-18-26(23,24)22-16-14-21(15-17-22)25(19-10-6-4-7-11-19)20-12-8-5-9-13-20;5-1(6,3(9,10)11)2(7,8)4(12,13)17(14,15)16/h4-17H,2-3,18H2,1H3;(H,14,15,16)/q+1;/p-1. The number of benzene rings is 3. The average molecular weight is 683 g/mol. The zero-order valence-electron chi connectivity index (χ0n) is 21.9. The van der Waals surface area contributed by atoms with Crippen molar-refractivity contribution in [3.05, 3.63) is 84.9 Å². The van der Waals surface area contributed by atoms with Gasteiger partial charge in [0, 0.05) is 0 Å². The summed E-state index contributed by atoms with van der Waals surface area (Å²) in [6, 6.07) is 28.1. The van der Waals surface area contributed by atoms with Crippen molar-refractivity contribution in [3.8, 4) is 0 Å². The summed E-state index contributed by atoms with van der Waals surface area (Å²) in [4.78, 5) is 3.98. The Labute approximate surface area is 244 Å². The van der Waals surface area contributed by atoms with Gasteiger partial charge in [0.2, 0.25) is 0 Å². The van der Waals surface area contributed by atoms with Crippen molar-refractivity contribution in [2.24, 2.45) is 0 Å². The van der Waals surface area contributed by atoms with Gasteiger partial charge in [-0.3, -0.25) is 0 Å². The summed E-state index contributed by atoms with van der Waals surface area (Å²) in [5.41, 5.74) is 0. The zero-order chi connectivity index (χ0) is 32.9. The molecule has 3 aromatic carbocycles. The number of halogens is 9. The molecular weight excluding hydrogens is 659 g/mol. The summed E-state index contributed by atoms with van der Waals surface area (Å²) in [6.07, 6.45) is -5.59. The van der Waals surface area contributed by atoms with Gasteiger partial charge in [-0.15, -0.1) is 0 Å². The smallest absolute Gasteiger partial charge is 0.460 e. The molecule has 0 spiro atoms. The van der Waals surface area contributed by atoms with Crippen molar-refractivity contribution in [1.29, 1.82) is 0 Å². The maximum absolute atomic E-state index is 12.4. The second-order valence-electron chi connectivity index (χ2n) is 8.69. The highest BCUT2D eigenvalue weighted by molar-refractivity contribution is 7.97. The lowest BCUT2D eigenvalue weighted by Crippen LogP contribution is -2.63. The van der Waals surface area contributed by atoms with Crippen LogP contribution < -0.4 is 0 Å². The van der Waals surface area contributed by atoms with Crippen LogP contribution in [0.15, 0.2) is 105 Å². The molecule has 0 unspecified atom stereocenters. The zero-order valence-corrected chi connectivity index (χ0v) is 24.3. The monoisotopic (exact) mass is 682 g/mol. The van der Waals surface area contributed by atoms with E-state index in [4.69, 9.17) is 0 Å². The third-order valence-corrected chi connectivity index (χ3v) is 10.5. The topological polar surface area (TPSA) is 91.3 Å². The van der Waals surface area contributed by atoms with Gasteiger partial charge in [0.15, 0.2) is 34.6 Å². The van der Waals surface area contributed by atoms with E-state index < -0.39 is 43.2 Å². The van der Waals surface area contributed by atoms with Crippen LogP contribution in [0.1, 0.15) is 19.8 Å². The highest BCUT2D eigenvalue weighted by Crippen LogP contribution is 2.54. The minimum Gasteiger partial charge on any atom is -0.743 e. The fourth-order valence-corrected chi connectivity index (χ4v) is 7.26. The first-order valence-electron chi connectivity index (χ1n) is 11.9. The molecule has 0 bridgehead atoms. The lowest BCUT2D eigenvalue weighted by molar-refractivity contribution is -0.382. The maximum Gasteiger partial charge on any atom is 0.460 e. The van der Waals surface area contributed by atoms with Gasteiger partial charge in [0.05, 0.1) is 21.5 Å². The van der Waals surface area contributed by atoms with E-state index in [9.17, 15) is 60.9 Å². The van der Waals surface area contributed by atoms with E-state index in [-0.39, 0.29) is 16.6 Å². The Kier molecular flexibility index (Phi) is 11.4. The number of hydrogen-bond donors (Lipinski definition) is 0. The van der Waals surface area contributed by atoms with Crippen LogP contribution in [-0.4, -0.2) is 50.4 Å². The van der Waals surface area contributed by atoms with Crippen molar-refractivity contribution in [3.63, 3.8) is 0 Å². The summed E-state index contributed by atoms with van der Waals surface area (Å²) in [7, 11) is -10.9. The summed E-state index contributed by atoms with van der Waals surface area (Å²) < 4.78 is 160. The minimum atomic E-state index is -7.43. The van der Waals surface area contributed by atoms with Crippen LogP contribution in [0.2, 0.25) is 0 Å². The minimum absolute atomic E-state index is 0.214. The predicted octanol–water partition coefficient (Wildman–Crippen LogP) is 7.31. The predicted molar refractivity (Wildman–Crippen MR) is 139 cm³/mol. The molecule has 0 aliphatic heterocycles. The van der Waals surface area contributed by atoms with Crippen LogP contribution in [0, 0.1) is 0 Å². The lowest BCUT2D eigenvalue weighted by Gasteiger charge is -2.34. The normalized spacial score (nSPS) is 13.4. The molecule has 0 aliphatic carbocycles. The van der Waals surface area contributed by atoms with E-state index in [2.05, 4.69) is 24.3 Å². The van der Waals surface area contributed by atoms with Crippen molar-refractivity contribution >= 4 is 30.9 Å². The first-order valence-corrected chi connectivity index (χ1v) is 16.2. The molecule has 43 heavy (non-hydrogen) atoms. The third kappa shape index (κ3) is 8.05. The van der Waals surface area contributed by atoms with Crippen molar-refractivity contribution < 1.29 is 60.9 Å². The summed E-state index contributed by atoms with van der Waals surface area (Å²) >= 11 is 0. The van der Waals surface area contributed by atoms with E-state index in [1.807, 2.05) is 55.5 Å². The Balaban J connectivity index is 0.000000332. The molecule has 0 fully saturated rings. The molecule has 3 aromatic rings. The Hall–Kier alpha value is -2.76. The van der Waals surface area contributed by atoms with Gasteiger partial charge >= 0.3 is 23.3 Å².